The van der Waals surface area contributed by atoms with Crippen LogP contribution in [0.3, 0.4) is 0 Å². The second-order valence-corrected chi connectivity index (χ2v) is 11.9. The first-order valence-corrected chi connectivity index (χ1v) is 13.3. The van der Waals surface area contributed by atoms with Crippen LogP contribution in [-0.2, 0) is 22.6 Å². The molecule has 2 aromatic heterocycles. The number of hydrogen-bond donors (Lipinski definition) is 0. The van der Waals surface area contributed by atoms with Crippen LogP contribution in [0.2, 0.25) is 0 Å². The molecule has 0 aromatic carbocycles. The maximum absolute atomic E-state index is 13.8. The lowest BCUT2D eigenvalue weighted by Gasteiger charge is -2.26. The van der Waals surface area contributed by atoms with E-state index < -0.39 is 17.8 Å². The largest absolute Gasteiger partial charge is 0.447 e. The molecule has 1 aliphatic carbocycles. The van der Waals surface area contributed by atoms with E-state index in [0.717, 1.165) is 18.4 Å². The summed E-state index contributed by atoms with van der Waals surface area (Å²) in [7, 11) is 3.58. The van der Waals surface area contributed by atoms with Crippen molar-refractivity contribution >= 4 is 35.5 Å². The molecule has 1 spiro atoms. The van der Waals surface area contributed by atoms with Gasteiger partial charge in [-0.1, -0.05) is 6.07 Å². The molecule has 11 heteroatoms. The van der Waals surface area contributed by atoms with Crippen molar-refractivity contribution in [2.45, 2.75) is 77.7 Å². The van der Waals surface area contributed by atoms with Crippen molar-refractivity contribution in [1.82, 2.24) is 14.9 Å². The van der Waals surface area contributed by atoms with Gasteiger partial charge in [0.1, 0.15) is 29.7 Å². The van der Waals surface area contributed by atoms with E-state index in [4.69, 9.17) is 19.4 Å². The molecule has 3 amide bonds. The zero-order valence-electron chi connectivity index (χ0n) is 23.6. The molecular formula is C28H36N6O5. The monoisotopic (exact) mass is 536 g/mol. The number of nitrogens with zero attached hydrogens (tertiary/aromatic N) is 6. The molecule has 2 aromatic rings. The lowest BCUT2D eigenvalue weighted by atomic mass is 10.1. The molecule has 0 atom stereocenters. The van der Waals surface area contributed by atoms with Crippen LogP contribution in [0.15, 0.2) is 24.3 Å². The third kappa shape index (κ3) is 4.97. The van der Waals surface area contributed by atoms with Gasteiger partial charge >= 0.3 is 12.2 Å². The fourth-order valence-electron chi connectivity index (χ4n) is 4.80. The number of carbonyl (C=O) groups excluding carboxylic acids is 3. The Morgan fingerprint density at radius 3 is 2.49 bits per heavy atom. The topological polar surface area (TPSA) is 108 Å². The second kappa shape index (κ2) is 9.39. The molecule has 2 fully saturated rings. The van der Waals surface area contributed by atoms with Gasteiger partial charge in [0.15, 0.2) is 0 Å². The van der Waals surface area contributed by atoms with Gasteiger partial charge in [-0.05, 0) is 65.7 Å². The summed E-state index contributed by atoms with van der Waals surface area (Å²) in [6.45, 7) is 10.3. The second-order valence-electron chi connectivity index (χ2n) is 11.9. The molecule has 0 unspecified atom stereocenters. The Balaban J connectivity index is 1.48. The number of hydrogen-bond acceptors (Lipinski definition) is 8. The smallest absolute Gasteiger partial charge is 0.416 e. The maximum atomic E-state index is 13.8. The highest BCUT2D eigenvalue weighted by atomic mass is 16.6. The highest BCUT2D eigenvalue weighted by Crippen LogP contribution is 2.48. The van der Waals surface area contributed by atoms with Crippen molar-refractivity contribution in [3.05, 3.63) is 41.1 Å². The standard InChI is InChI=1S/C28H36N6O5/c1-17(2)32(7)23-13-18-19(20(29-23)15-31(6)25(36)39-27(3,4)5)14-33(24(18)35)21-9-8-10-22(30-21)34-26(37)38-16-28(34)11-12-28/h8-10,13,17H,11-12,14-16H2,1-7H3. The molecule has 208 valence electrons. The third-order valence-electron chi connectivity index (χ3n) is 7.39. The van der Waals surface area contributed by atoms with Gasteiger partial charge in [-0.2, -0.15) is 0 Å². The van der Waals surface area contributed by atoms with Gasteiger partial charge in [0, 0.05) is 25.7 Å². The van der Waals surface area contributed by atoms with Crippen LogP contribution in [0.4, 0.5) is 27.0 Å². The van der Waals surface area contributed by atoms with E-state index in [1.165, 1.54) is 4.90 Å². The number of pyridine rings is 2. The zero-order valence-corrected chi connectivity index (χ0v) is 23.6. The molecule has 4 heterocycles. The van der Waals surface area contributed by atoms with Crippen LogP contribution in [0, 0.1) is 0 Å². The minimum atomic E-state index is -0.634. The summed E-state index contributed by atoms with van der Waals surface area (Å²) in [5.41, 5.74) is 0.926. The van der Waals surface area contributed by atoms with E-state index in [1.54, 1.807) is 41.1 Å². The van der Waals surface area contributed by atoms with E-state index in [9.17, 15) is 14.4 Å². The van der Waals surface area contributed by atoms with Crippen LogP contribution < -0.4 is 14.7 Å². The number of aromatic nitrogens is 2. The summed E-state index contributed by atoms with van der Waals surface area (Å²) in [4.78, 5) is 55.2. The van der Waals surface area contributed by atoms with E-state index in [0.29, 0.717) is 35.3 Å². The average Bonchev–Trinajstić information content (AvgIpc) is 3.46. The Hall–Kier alpha value is -3.89. The van der Waals surface area contributed by atoms with Gasteiger partial charge in [-0.15, -0.1) is 0 Å². The fourth-order valence-corrected chi connectivity index (χ4v) is 4.80. The SMILES string of the molecule is CC(C)N(C)c1cc2c(c(CN(C)C(=O)OC(C)(C)C)n1)CN(c1cccc(N3C(=O)OCC34CC4)n1)C2=O. The Morgan fingerprint density at radius 2 is 1.85 bits per heavy atom. The van der Waals surface area contributed by atoms with Crippen LogP contribution >= 0.6 is 0 Å². The predicted molar refractivity (Wildman–Crippen MR) is 146 cm³/mol. The van der Waals surface area contributed by atoms with Crippen LogP contribution in [0.25, 0.3) is 0 Å². The number of anilines is 3. The molecule has 0 N–H and O–H groups in total. The van der Waals surface area contributed by atoms with Gasteiger partial charge in [0.2, 0.25) is 0 Å². The molecule has 11 nitrogen and oxygen atoms in total. The normalized spacial score (nSPS) is 17.5. The first kappa shape index (κ1) is 26.7. The van der Waals surface area contributed by atoms with Crippen molar-refractivity contribution in [2.24, 2.45) is 0 Å². The van der Waals surface area contributed by atoms with Gasteiger partial charge < -0.3 is 19.3 Å². The molecule has 2 aliphatic heterocycles. The third-order valence-corrected chi connectivity index (χ3v) is 7.39. The summed E-state index contributed by atoms with van der Waals surface area (Å²) in [5, 5.41) is 0. The van der Waals surface area contributed by atoms with Gasteiger partial charge in [-0.25, -0.2) is 19.6 Å². The summed E-state index contributed by atoms with van der Waals surface area (Å²) in [6.07, 6.45) is 0.852. The molecule has 39 heavy (non-hydrogen) atoms. The number of ether oxygens (including phenoxy) is 2. The zero-order chi connectivity index (χ0) is 28.3. The van der Waals surface area contributed by atoms with Crippen molar-refractivity contribution in [3.8, 4) is 0 Å². The number of fused-ring (bicyclic) bond motifs is 1. The van der Waals surface area contributed by atoms with E-state index in [2.05, 4.69) is 0 Å². The predicted octanol–water partition coefficient (Wildman–Crippen LogP) is 4.34. The highest BCUT2D eigenvalue weighted by Gasteiger charge is 2.57. The summed E-state index contributed by atoms with van der Waals surface area (Å²) >= 11 is 0. The molecule has 5 rings (SSSR count). The number of rotatable bonds is 6. The quantitative estimate of drug-likeness (QED) is 0.537. The summed E-state index contributed by atoms with van der Waals surface area (Å²) in [6, 6.07) is 7.27. The Kier molecular flexibility index (Phi) is 6.43. The Labute approximate surface area is 228 Å². The van der Waals surface area contributed by atoms with Crippen molar-refractivity contribution < 1.29 is 23.9 Å². The molecular weight excluding hydrogens is 500 g/mol. The lowest BCUT2D eigenvalue weighted by molar-refractivity contribution is 0.0282. The van der Waals surface area contributed by atoms with E-state index >= 15 is 0 Å². The molecule has 0 bridgehead atoms. The van der Waals surface area contributed by atoms with Crippen molar-refractivity contribution in [3.63, 3.8) is 0 Å². The number of cyclic esters (lactones) is 1. The van der Waals surface area contributed by atoms with Crippen molar-refractivity contribution in [1.29, 1.82) is 0 Å². The molecule has 1 saturated heterocycles. The van der Waals surface area contributed by atoms with Crippen molar-refractivity contribution in [2.75, 3.05) is 35.4 Å². The first-order valence-electron chi connectivity index (χ1n) is 13.3. The number of amides is 3. The molecule has 3 aliphatic rings. The highest BCUT2D eigenvalue weighted by molar-refractivity contribution is 6.10. The maximum Gasteiger partial charge on any atom is 0.416 e. The van der Waals surface area contributed by atoms with Crippen LogP contribution in [0.5, 0.6) is 0 Å². The van der Waals surface area contributed by atoms with E-state index in [-0.39, 0.29) is 30.6 Å². The van der Waals surface area contributed by atoms with Crippen LogP contribution in [-0.4, -0.2) is 70.8 Å². The van der Waals surface area contributed by atoms with Gasteiger partial charge in [0.25, 0.3) is 5.91 Å². The fraction of sp³-hybridized carbons (Fsp3) is 0.536. The van der Waals surface area contributed by atoms with Gasteiger partial charge in [-0.3, -0.25) is 14.6 Å². The van der Waals surface area contributed by atoms with E-state index in [1.807, 2.05) is 46.6 Å². The average molecular weight is 537 g/mol. The lowest BCUT2D eigenvalue weighted by Crippen LogP contribution is -2.36. The summed E-state index contributed by atoms with van der Waals surface area (Å²) < 4.78 is 10.8. The van der Waals surface area contributed by atoms with Crippen LogP contribution in [0.1, 0.15) is 69.1 Å². The molecule has 0 radical (unpaired) electrons. The molecule has 1 saturated carbocycles. The summed E-state index contributed by atoms with van der Waals surface area (Å²) in [5.74, 6) is 1.35. The van der Waals surface area contributed by atoms with Gasteiger partial charge in [0.05, 0.1) is 29.9 Å². The minimum absolute atomic E-state index is 0.146. The minimum Gasteiger partial charge on any atom is -0.447 e. The first-order chi connectivity index (χ1) is 18.3. The Morgan fingerprint density at radius 1 is 1.15 bits per heavy atom. The Bertz CT molecular complexity index is 1330. The number of carbonyl (C=O) groups is 3.